The minimum Gasteiger partial charge on any atom is -0.494 e. The molecule has 4 rings (SSSR count). The molecule has 0 atom stereocenters. The van der Waals surface area contributed by atoms with Gasteiger partial charge >= 0.3 is 0 Å². The lowest BCUT2D eigenvalue weighted by Crippen LogP contribution is -2.05. The quantitative estimate of drug-likeness (QED) is 0.219. The molecule has 3 aromatic rings. The molecule has 0 unspecified atom stereocenters. The number of hydrogen-bond donors (Lipinski definition) is 0. The van der Waals surface area contributed by atoms with Crippen LogP contribution in [0, 0.1) is 0 Å². The van der Waals surface area contributed by atoms with E-state index in [-0.39, 0.29) is 10.8 Å². The summed E-state index contributed by atoms with van der Waals surface area (Å²) in [6, 6.07) is 12.3. The number of benzene rings is 1. The fourth-order valence-electron chi connectivity index (χ4n) is 4.10. The van der Waals surface area contributed by atoms with E-state index in [1.165, 1.54) is 38.5 Å². The van der Waals surface area contributed by atoms with Gasteiger partial charge in [-0.2, -0.15) is 0 Å². The van der Waals surface area contributed by atoms with Crippen molar-refractivity contribution in [2.75, 3.05) is 11.9 Å². The first-order chi connectivity index (χ1) is 15.9. The number of alkyl halides is 1. The molecule has 2 aromatic heterocycles. The van der Waals surface area contributed by atoms with Crippen LogP contribution in [0.15, 0.2) is 64.6 Å². The Kier molecular flexibility index (Phi) is 9.87. The van der Waals surface area contributed by atoms with E-state index >= 15 is 0 Å². The highest BCUT2D eigenvalue weighted by Gasteiger charge is 2.27. The Morgan fingerprint density at radius 3 is 2.15 bits per heavy atom. The van der Waals surface area contributed by atoms with Gasteiger partial charge in [0.2, 0.25) is 9.84 Å². The van der Waals surface area contributed by atoms with Crippen molar-refractivity contribution in [1.82, 2.24) is 4.40 Å². The van der Waals surface area contributed by atoms with Crippen LogP contribution < -0.4 is 4.74 Å². The van der Waals surface area contributed by atoms with Crippen molar-refractivity contribution >= 4 is 31.3 Å². The fraction of sp³-hybridized carbons (Fsp3) is 0.481. The largest absolute Gasteiger partial charge is 0.494 e. The third-order valence-electron chi connectivity index (χ3n) is 5.98. The van der Waals surface area contributed by atoms with E-state index in [0.717, 1.165) is 23.7 Å². The molecule has 6 heteroatoms. The third kappa shape index (κ3) is 6.86. The molecule has 1 fully saturated rings. The number of hydrogen-bond acceptors (Lipinski definition) is 3. The number of halogens is 1. The van der Waals surface area contributed by atoms with Gasteiger partial charge in [0, 0.05) is 17.7 Å². The Morgan fingerprint density at radius 2 is 1.58 bits per heavy atom. The summed E-state index contributed by atoms with van der Waals surface area (Å²) in [6.45, 7) is 4.65. The van der Waals surface area contributed by atoms with Gasteiger partial charge < -0.3 is 9.14 Å². The maximum atomic E-state index is 13.4. The van der Waals surface area contributed by atoms with Gasteiger partial charge in [-0.3, -0.25) is 0 Å². The average molecular weight is 535 g/mol. The molecule has 33 heavy (non-hydrogen) atoms. The molecule has 180 valence electrons. The van der Waals surface area contributed by atoms with Crippen LogP contribution in [-0.2, 0) is 9.84 Å². The van der Waals surface area contributed by atoms with E-state index in [9.17, 15) is 8.42 Å². The predicted octanol–water partition coefficient (Wildman–Crippen LogP) is 7.79. The molecular formula is C27H36BrNO3S. The maximum absolute atomic E-state index is 13.4. The highest BCUT2D eigenvalue weighted by atomic mass is 79.9. The highest BCUT2D eigenvalue weighted by molar-refractivity contribution is 9.09. The molecule has 0 spiro atoms. The van der Waals surface area contributed by atoms with Crippen molar-refractivity contribution < 1.29 is 13.2 Å². The summed E-state index contributed by atoms with van der Waals surface area (Å²) in [7, 11) is -3.63. The van der Waals surface area contributed by atoms with Crippen molar-refractivity contribution in [3.8, 4) is 5.75 Å². The summed E-state index contributed by atoms with van der Waals surface area (Å²) < 4.78 is 34.3. The Balaban J connectivity index is 0.000000442. The second-order valence-corrected chi connectivity index (χ2v) is 11.6. The first-order valence-corrected chi connectivity index (χ1v) is 14.7. The average Bonchev–Trinajstić information content (AvgIpc) is 3.25. The van der Waals surface area contributed by atoms with E-state index in [0.29, 0.717) is 22.8 Å². The molecule has 0 N–H and O–H groups in total. The topological polar surface area (TPSA) is 47.8 Å². The van der Waals surface area contributed by atoms with Crippen LogP contribution in [0.1, 0.15) is 76.7 Å². The minimum atomic E-state index is -3.63. The second-order valence-electron chi connectivity index (χ2n) is 8.90. The molecule has 0 saturated heterocycles. The van der Waals surface area contributed by atoms with Gasteiger partial charge in [-0.05, 0) is 60.7 Å². The van der Waals surface area contributed by atoms with Crippen LogP contribution in [-0.4, -0.2) is 24.8 Å². The number of nitrogens with zero attached hydrogens (tertiary/aromatic N) is 1. The molecular weight excluding hydrogens is 498 g/mol. The van der Waals surface area contributed by atoms with Crippen LogP contribution in [0.25, 0.3) is 5.52 Å². The van der Waals surface area contributed by atoms with Crippen molar-refractivity contribution in [2.45, 2.75) is 80.9 Å². The van der Waals surface area contributed by atoms with E-state index in [1.54, 1.807) is 24.3 Å². The predicted molar refractivity (Wildman–Crippen MR) is 140 cm³/mol. The van der Waals surface area contributed by atoms with Gasteiger partial charge in [0.25, 0.3) is 0 Å². The molecule has 0 aliphatic heterocycles. The van der Waals surface area contributed by atoms with Gasteiger partial charge in [0.1, 0.15) is 10.6 Å². The standard InChI is InChI=1S/C21H24BrNO3S.C6H12/c1-16(2)19-15-23-13-5-3-7-20(23)21(19)27(24,25)18-10-8-17(9-11-18)26-14-6-4-12-22;1-2-4-6-5-3-1/h3,5,7-11,13,15-16H,4,6,12,14H2,1-2H3;1-6H2. The van der Waals surface area contributed by atoms with Crippen LogP contribution in [0.5, 0.6) is 5.75 Å². The number of rotatable bonds is 8. The first kappa shape index (κ1) is 25.8. The SMILES string of the molecule is C1CCCCC1.CC(C)c1cn2ccccc2c1S(=O)(=O)c1ccc(OCCCCBr)cc1. The zero-order valence-corrected chi connectivity index (χ0v) is 22.2. The van der Waals surface area contributed by atoms with Gasteiger partial charge in [-0.15, -0.1) is 0 Å². The number of sulfone groups is 1. The number of fused-ring (bicyclic) bond motifs is 1. The summed E-state index contributed by atoms with van der Waals surface area (Å²) in [6.07, 6.45) is 14.8. The van der Waals surface area contributed by atoms with Crippen molar-refractivity contribution in [2.24, 2.45) is 0 Å². The van der Waals surface area contributed by atoms with E-state index < -0.39 is 9.84 Å². The molecule has 0 radical (unpaired) electrons. The summed E-state index contributed by atoms with van der Waals surface area (Å²) in [5.74, 6) is 0.793. The Morgan fingerprint density at radius 1 is 0.939 bits per heavy atom. The third-order valence-corrected chi connectivity index (χ3v) is 8.42. The van der Waals surface area contributed by atoms with Crippen molar-refractivity contribution in [1.29, 1.82) is 0 Å². The van der Waals surface area contributed by atoms with Crippen LogP contribution >= 0.6 is 15.9 Å². The van der Waals surface area contributed by atoms with Crippen molar-refractivity contribution in [3.05, 3.63) is 60.4 Å². The minimum absolute atomic E-state index is 0.103. The lowest BCUT2D eigenvalue weighted by atomic mass is 10.0. The van der Waals surface area contributed by atoms with E-state index in [4.69, 9.17) is 4.74 Å². The monoisotopic (exact) mass is 533 g/mol. The zero-order valence-electron chi connectivity index (χ0n) is 19.8. The van der Waals surface area contributed by atoms with Gasteiger partial charge in [-0.25, -0.2) is 8.42 Å². The molecule has 1 aliphatic carbocycles. The zero-order chi connectivity index (χ0) is 23.7. The molecule has 0 amide bonds. The fourth-order valence-corrected chi connectivity index (χ4v) is 6.28. The second kappa shape index (κ2) is 12.6. The van der Waals surface area contributed by atoms with Crippen molar-refractivity contribution in [3.63, 3.8) is 0 Å². The molecule has 1 aliphatic rings. The molecule has 0 bridgehead atoms. The van der Waals surface area contributed by atoms with Crippen LogP contribution in [0.3, 0.4) is 0 Å². The van der Waals surface area contributed by atoms with E-state index in [2.05, 4.69) is 15.9 Å². The summed E-state index contributed by atoms with van der Waals surface area (Å²) in [4.78, 5) is 0.679. The van der Waals surface area contributed by atoms with Gasteiger partial charge in [-0.1, -0.05) is 74.4 Å². The van der Waals surface area contributed by atoms with E-state index in [1.807, 2.05) is 48.8 Å². The Hall–Kier alpha value is -1.79. The summed E-state index contributed by atoms with van der Waals surface area (Å²) >= 11 is 3.40. The number of pyridine rings is 1. The lowest BCUT2D eigenvalue weighted by Gasteiger charge is -2.10. The highest BCUT2D eigenvalue weighted by Crippen LogP contribution is 2.34. The summed E-state index contributed by atoms with van der Waals surface area (Å²) in [5.41, 5.74) is 1.53. The van der Waals surface area contributed by atoms with Gasteiger partial charge in [0.05, 0.1) is 17.0 Å². The van der Waals surface area contributed by atoms with Gasteiger partial charge in [0.15, 0.2) is 0 Å². The molecule has 1 saturated carbocycles. The Labute approximate surface area is 207 Å². The number of aromatic nitrogens is 1. The normalized spacial score (nSPS) is 14.2. The molecule has 1 aromatic carbocycles. The molecule has 2 heterocycles. The first-order valence-electron chi connectivity index (χ1n) is 12.1. The smallest absolute Gasteiger partial charge is 0.209 e. The maximum Gasteiger partial charge on any atom is 0.209 e. The lowest BCUT2D eigenvalue weighted by molar-refractivity contribution is 0.310. The van der Waals surface area contributed by atoms with Crippen LogP contribution in [0.2, 0.25) is 0 Å². The van der Waals surface area contributed by atoms with Crippen LogP contribution in [0.4, 0.5) is 0 Å². The molecule has 4 nitrogen and oxygen atoms in total. The number of ether oxygens (including phenoxy) is 1. The number of unbranched alkanes of at least 4 members (excludes halogenated alkanes) is 1. The summed E-state index contributed by atoms with van der Waals surface area (Å²) in [5, 5.41) is 0.956. The Bertz CT molecular complexity index is 1090.